The molecule has 0 saturated carbocycles. The number of rotatable bonds is 6. The molecule has 0 radical (unpaired) electrons. The van der Waals surface area contributed by atoms with Crippen LogP contribution in [0.25, 0.3) is 0 Å². The van der Waals surface area contributed by atoms with E-state index in [1.54, 1.807) is 6.07 Å². The summed E-state index contributed by atoms with van der Waals surface area (Å²) in [6.07, 6.45) is 0.768. The molecule has 0 aliphatic rings. The number of nitrogens with zero attached hydrogens (tertiary/aromatic N) is 1. The van der Waals surface area contributed by atoms with Crippen LogP contribution >= 0.6 is 22.9 Å². The number of hydrogen-bond acceptors (Lipinski definition) is 6. The molecule has 0 saturated heterocycles. The van der Waals surface area contributed by atoms with Gasteiger partial charge in [0.1, 0.15) is 5.02 Å². The van der Waals surface area contributed by atoms with Crippen LogP contribution in [0.15, 0.2) is 29.2 Å². The van der Waals surface area contributed by atoms with E-state index in [1.165, 1.54) is 11.3 Å². The molecular formula is C14H14ClN3O5S2. The molecule has 2 aromatic rings. The van der Waals surface area contributed by atoms with Gasteiger partial charge in [0.05, 0.1) is 14.7 Å². The van der Waals surface area contributed by atoms with Crippen LogP contribution in [0.5, 0.6) is 0 Å². The van der Waals surface area contributed by atoms with Crippen LogP contribution < -0.4 is 10.3 Å². The summed E-state index contributed by atoms with van der Waals surface area (Å²) in [5.41, 5.74) is 2.50. The molecule has 1 heterocycles. The molecular weight excluding hydrogens is 390 g/mol. The number of nitro benzene ring substituents is 1. The monoisotopic (exact) mass is 403 g/mol. The first-order valence-electron chi connectivity index (χ1n) is 7.01. The van der Waals surface area contributed by atoms with Crippen molar-refractivity contribution in [3.05, 3.63) is 54.7 Å². The van der Waals surface area contributed by atoms with Gasteiger partial charge in [-0.3, -0.25) is 20.3 Å². The summed E-state index contributed by atoms with van der Waals surface area (Å²) in [6, 6.07) is 4.70. The summed E-state index contributed by atoms with van der Waals surface area (Å²) in [6.45, 7) is 3.82. The zero-order valence-electron chi connectivity index (χ0n) is 13.2. The fraction of sp³-hybridized carbons (Fsp3) is 0.214. The number of hydrogen-bond donors (Lipinski definition) is 2. The van der Waals surface area contributed by atoms with Gasteiger partial charge >= 0.3 is 0 Å². The second-order valence-corrected chi connectivity index (χ2v) is 8.23. The summed E-state index contributed by atoms with van der Waals surface area (Å²) in [5, 5.41) is 10.7. The normalized spacial score (nSPS) is 11.3. The van der Waals surface area contributed by atoms with Gasteiger partial charge in [0.2, 0.25) is 0 Å². The Morgan fingerprint density at radius 3 is 2.60 bits per heavy atom. The molecule has 0 unspecified atom stereocenters. The van der Waals surface area contributed by atoms with Crippen molar-refractivity contribution in [3.63, 3.8) is 0 Å². The van der Waals surface area contributed by atoms with Gasteiger partial charge in [0, 0.05) is 10.9 Å². The minimum atomic E-state index is -4.19. The van der Waals surface area contributed by atoms with Gasteiger partial charge in [0.15, 0.2) is 0 Å². The van der Waals surface area contributed by atoms with E-state index in [1.807, 2.05) is 18.7 Å². The van der Waals surface area contributed by atoms with E-state index in [0.29, 0.717) is 4.88 Å². The predicted molar refractivity (Wildman–Crippen MR) is 94.3 cm³/mol. The molecule has 1 aromatic carbocycles. The molecule has 0 bridgehead atoms. The zero-order valence-corrected chi connectivity index (χ0v) is 15.6. The predicted octanol–water partition coefficient (Wildman–Crippen LogP) is 2.80. The molecule has 1 aromatic heterocycles. The third-order valence-electron chi connectivity index (χ3n) is 3.29. The number of carbonyl (C=O) groups is 1. The Morgan fingerprint density at radius 2 is 2.04 bits per heavy atom. The summed E-state index contributed by atoms with van der Waals surface area (Å²) >= 11 is 6.92. The lowest BCUT2D eigenvalue weighted by atomic mass is 10.2. The highest BCUT2D eigenvalue weighted by Gasteiger charge is 2.22. The van der Waals surface area contributed by atoms with Crippen LogP contribution in [0.3, 0.4) is 0 Å². The molecule has 1 amide bonds. The van der Waals surface area contributed by atoms with E-state index >= 15 is 0 Å². The third kappa shape index (κ3) is 4.34. The van der Waals surface area contributed by atoms with Crippen molar-refractivity contribution < 1.29 is 18.1 Å². The maximum atomic E-state index is 12.2. The quantitative estimate of drug-likeness (QED) is 0.567. The van der Waals surface area contributed by atoms with Crippen LogP contribution in [0.2, 0.25) is 5.02 Å². The standard InChI is InChI=1S/C14H14ClN3O5S2/c1-3-12-8(2)6-13(24-12)14(19)16-17-25(22,23)9-4-5-10(15)11(7-9)18(20)21/h4-7,17H,3H2,1-2H3,(H,16,19). The molecule has 25 heavy (non-hydrogen) atoms. The Bertz CT molecular complexity index is 940. The Labute approximate surface area is 153 Å². The lowest BCUT2D eigenvalue weighted by molar-refractivity contribution is -0.384. The smallest absolute Gasteiger partial charge is 0.273 e. The molecule has 0 aliphatic heterocycles. The van der Waals surface area contributed by atoms with Gasteiger partial charge in [-0.05, 0) is 37.1 Å². The number of halogens is 1. The summed E-state index contributed by atoms with van der Waals surface area (Å²) in [5.74, 6) is -0.611. The molecule has 134 valence electrons. The SMILES string of the molecule is CCc1sc(C(=O)NNS(=O)(=O)c2ccc(Cl)c([N+](=O)[O-])c2)cc1C. The van der Waals surface area contributed by atoms with E-state index in [2.05, 4.69) is 5.43 Å². The molecule has 0 atom stereocenters. The highest BCUT2D eigenvalue weighted by molar-refractivity contribution is 7.89. The molecule has 8 nitrogen and oxygen atoms in total. The highest BCUT2D eigenvalue weighted by Crippen LogP contribution is 2.27. The number of nitrogens with one attached hydrogen (secondary N) is 2. The number of aryl methyl sites for hydroxylation is 2. The number of benzene rings is 1. The first-order valence-corrected chi connectivity index (χ1v) is 9.69. The fourth-order valence-corrected chi connectivity index (χ4v) is 4.07. The van der Waals surface area contributed by atoms with Gasteiger partial charge in [-0.15, -0.1) is 16.2 Å². The largest absolute Gasteiger partial charge is 0.289 e. The van der Waals surface area contributed by atoms with Crippen molar-refractivity contribution >= 4 is 44.6 Å². The Morgan fingerprint density at radius 1 is 1.36 bits per heavy atom. The van der Waals surface area contributed by atoms with Gasteiger partial charge < -0.3 is 0 Å². The van der Waals surface area contributed by atoms with Gasteiger partial charge in [-0.2, -0.15) is 0 Å². The minimum absolute atomic E-state index is 0.186. The summed E-state index contributed by atoms with van der Waals surface area (Å²) < 4.78 is 24.4. The zero-order chi connectivity index (χ0) is 18.8. The Balaban J connectivity index is 2.17. The summed E-state index contributed by atoms with van der Waals surface area (Å²) in [7, 11) is -4.19. The van der Waals surface area contributed by atoms with Crippen LogP contribution in [0.1, 0.15) is 27.0 Å². The minimum Gasteiger partial charge on any atom is -0.273 e. The maximum Gasteiger partial charge on any atom is 0.289 e. The van der Waals surface area contributed by atoms with E-state index < -0.39 is 26.5 Å². The topological polar surface area (TPSA) is 118 Å². The van der Waals surface area contributed by atoms with E-state index in [-0.39, 0.29) is 9.92 Å². The van der Waals surface area contributed by atoms with E-state index in [9.17, 15) is 23.3 Å². The Kier molecular flexibility index (Phi) is 5.78. The first-order chi connectivity index (χ1) is 11.7. The van der Waals surface area contributed by atoms with Crippen molar-refractivity contribution in [1.29, 1.82) is 0 Å². The first kappa shape index (κ1) is 19.3. The van der Waals surface area contributed by atoms with E-state index in [4.69, 9.17) is 11.6 Å². The maximum absolute atomic E-state index is 12.2. The van der Waals surface area contributed by atoms with Crippen molar-refractivity contribution in [2.24, 2.45) is 0 Å². The van der Waals surface area contributed by atoms with E-state index in [0.717, 1.165) is 35.1 Å². The molecule has 0 spiro atoms. The number of nitro groups is 1. The van der Waals surface area contributed by atoms with Crippen molar-refractivity contribution in [2.45, 2.75) is 25.2 Å². The lowest BCUT2D eigenvalue weighted by Crippen LogP contribution is -2.41. The fourth-order valence-electron chi connectivity index (χ4n) is 2.02. The molecule has 0 fully saturated rings. The third-order valence-corrected chi connectivity index (χ3v) is 6.23. The molecule has 0 aliphatic carbocycles. The van der Waals surface area contributed by atoms with Gasteiger partial charge in [0.25, 0.3) is 21.6 Å². The molecule has 2 N–H and O–H groups in total. The highest BCUT2D eigenvalue weighted by atomic mass is 35.5. The number of sulfonamides is 1. The number of amides is 1. The van der Waals surface area contributed by atoms with Crippen LogP contribution in [0.4, 0.5) is 5.69 Å². The van der Waals surface area contributed by atoms with Gasteiger partial charge in [-0.25, -0.2) is 8.42 Å². The molecule has 11 heteroatoms. The second kappa shape index (κ2) is 7.48. The van der Waals surface area contributed by atoms with Crippen LogP contribution in [-0.4, -0.2) is 19.2 Å². The number of thiophene rings is 1. The van der Waals surface area contributed by atoms with Crippen molar-refractivity contribution in [2.75, 3.05) is 0 Å². The average Bonchev–Trinajstić information content (AvgIpc) is 2.93. The number of hydrazine groups is 1. The Hall–Kier alpha value is -2.01. The van der Waals surface area contributed by atoms with Crippen molar-refractivity contribution in [1.82, 2.24) is 10.3 Å². The van der Waals surface area contributed by atoms with Crippen LogP contribution in [-0.2, 0) is 16.4 Å². The van der Waals surface area contributed by atoms with Crippen molar-refractivity contribution in [3.8, 4) is 0 Å². The number of carbonyl (C=O) groups excluding carboxylic acids is 1. The lowest BCUT2D eigenvalue weighted by Gasteiger charge is -2.08. The van der Waals surface area contributed by atoms with Gasteiger partial charge in [-0.1, -0.05) is 18.5 Å². The van der Waals surface area contributed by atoms with Crippen LogP contribution in [0, 0.1) is 17.0 Å². The summed E-state index contributed by atoms with van der Waals surface area (Å²) in [4.78, 5) is 25.1. The molecule has 2 rings (SSSR count). The average molecular weight is 404 g/mol. The second-order valence-electron chi connectivity index (χ2n) is 5.00.